The highest BCUT2D eigenvalue weighted by molar-refractivity contribution is 6.55. The summed E-state index contributed by atoms with van der Waals surface area (Å²) < 4.78 is 5.53. The maximum absolute atomic E-state index is 12.8. The number of rotatable bonds is 6. The summed E-state index contributed by atoms with van der Waals surface area (Å²) in [6, 6.07) is 14.1. The molecule has 0 atom stereocenters. The molecular formula is C20H17Cl2NO3. The van der Waals surface area contributed by atoms with Gasteiger partial charge in [-0.1, -0.05) is 60.5 Å². The summed E-state index contributed by atoms with van der Waals surface area (Å²) in [5.41, 5.74) is 1.47. The van der Waals surface area contributed by atoms with Gasteiger partial charge in [0, 0.05) is 5.02 Å². The highest BCUT2D eigenvalue weighted by atomic mass is 35.5. The Morgan fingerprint density at radius 1 is 0.962 bits per heavy atom. The zero-order valence-electron chi connectivity index (χ0n) is 14.2. The average molecular weight is 390 g/mol. The topological polar surface area (TPSA) is 46.6 Å². The van der Waals surface area contributed by atoms with E-state index >= 15 is 0 Å². The minimum Gasteiger partial charge on any atom is -0.494 e. The van der Waals surface area contributed by atoms with Crippen molar-refractivity contribution in [1.29, 1.82) is 0 Å². The van der Waals surface area contributed by atoms with Crippen LogP contribution in [0.2, 0.25) is 5.02 Å². The second-order valence-electron chi connectivity index (χ2n) is 5.85. The minimum atomic E-state index is -0.516. The second-order valence-corrected chi connectivity index (χ2v) is 6.63. The molecule has 0 aliphatic carbocycles. The highest BCUT2D eigenvalue weighted by Gasteiger charge is 2.38. The van der Waals surface area contributed by atoms with Gasteiger partial charge in [0.05, 0.1) is 18.7 Å². The number of ether oxygens (including phenoxy) is 1. The third-order valence-electron chi connectivity index (χ3n) is 4.01. The van der Waals surface area contributed by atoms with Crippen LogP contribution < -0.4 is 4.74 Å². The fourth-order valence-corrected chi connectivity index (χ4v) is 3.16. The van der Waals surface area contributed by atoms with Gasteiger partial charge in [0.25, 0.3) is 11.8 Å². The van der Waals surface area contributed by atoms with Crippen LogP contribution in [0.3, 0.4) is 0 Å². The van der Waals surface area contributed by atoms with Crippen molar-refractivity contribution in [3.05, 3.63) is 69.7 Å². The van der Waals surface area contributed by atoms with Crippen LogP contribution in [0.5, 0.6) is 5.75 Å². The Labute approximate surface area is 162 Å². The third kappa shape index (κ3) is 3.62. The quantitative estimate of drug-likeness (QED) is 0.675. The molecular weight excluding hydrogens is 373 g/mol. The first kappa shape index (κ1) is 18.5. The van der Waals surface area contributed by atoms with Crippen molar-refractivity contribution in [1.82, 2.24) is 4.90 Å². The van der Waals surface area contributed by atoms with Gasteiger partial charge < -0.3 is 4.74 Å². The summed E-state index contributed by atoms with van der Waals surface area (Å²) in [6.45, 7) is 2.72. The lowest BCUT2D eigenvalue weighted by atomic mass is 10.1. The van der Waals surface area contributed by atoms with Gasteiger partial charge in [0.15, 0.2) is 0 Å². The van der Waals surface area contributed by atoms with Crippen molar-refractivity contribution in [2.24, 2.45) is 0 Å². The third-order valence-corrected chi connectivity index (χ3v) is 4.73. The highest BCUT2D eigenvalue weighted by Crippen LogP contribution is 2.34. The number of hydrogen-bond acceptors (Lipinski definition) is 3. The maximum Gasteiger partial charge on any atom is 0.273 e. The lowest BCUT2D eigenvalue weighted by Crippen LogP contribution is -2.30. The first-order valence-corrected chi connectivity index (χ1v) is 9.01. The molecule has 3 rings (SSSR count). The summed E-state index contributed by atoms with van der Waals surface area (Å²) in [5.74, 6) is -0.239. The lowest BCUT2D eigenvalue weighted by molar-refractivity contribution is -0.137. The van der Waals surface area contributed by atoms with Crippen molar-refractivity contribution in [3.8, 4) is 5.75 Å². The van der Waals surface area contributed by atoms with E-state index in [1.807, 2.05) is 6.92 Å². The molecule has 0 radical (unpaired) electrons. The monoisotopic (exact) mass is 389 g/mol. The number of hydrogen-bond donors (Lipinski definition) is 0. The predicted molar refractivity (Wildman–Crippen MR) is 102 cm³/mol. The largest absolute Gasteiger partial charge is 0.494 e. The van der Waals surface area contributed by atoms with Gasteiger partial charge >= 0.3 is 0 Å². The Hall–Kier alpha value is -2.30. The number of carbonyl (C=O) groups excluding carboxylic acids is 2. The fourth-order valence-electron chi connectivity index (χ4n) is 2.68. The Kier molecular flexibility index (Phi) is 5.64. The number of carbonyl (C=O) groups is 2. The molecule has 0 spiro atoms. The fraction of sp³-hybridized carbons (Fsp3) is 0.200. The molecule has 1 aliphatic heterocycles. The van der Waals surface area contributed by atoms with E-state index in [2.05, 4.69) is 0 Å². The molecule has 0 N–H and O–H groups in total. The number of amides is 2. The molecule has 1 aliphatic rings. The van der Waals surface area contributed by atoms with Crippen LogP contribution in [-0.4, -0.2) is 23.3 Å². The molecule has 6 heteroatoms. The minimum absolute atomic E-state index is 0.0781. The van der Waals surface area contributed by atoms with Crippen molar-refractivity contribution in [3.63, 3.8) is 0 Å². The zero-order valence-corrected chi connectivity index (χ0v) is 15.7. The first-order chi connectivity index (χ1) is 12.5. The van der Waals surface area contributed by atoms with E-state index < -0.39 is 11.8 Å². The van der Waals surface area contributed by atoms with E-state index in [0.29, 0.717) is 28.5 Å². The summed E-state index contributed by atoms with van der Waals surface area (Å²) in [6.07, 6.45) is 0.905. The van der Waals surface area contributed by atoms with E-state index in [-0.39, 0.29) is 17.2 Å². The van der Waals surface area contributed by atoms with E-state index in [4.69, 9.17) is 27.9 Å². The predicted octanol–water partition coefficient (Wildman–Crippen LogP) is 4.65. The number of benzene rings is 2. The van der Waals surface area contributed by atoms with Crippen LogP contribution in [0.25, 0.3) is 5.57 Å². The molecule has 0 aromatic heterocycles. The van der Waals surface area contributed by atoms with Gasteiger partial charge in [-0.25, -0.2) is 0 Å². The van der Waals surface area contributed by atoms with Crippen LogP contribution in [0.4, 0.5) is 0 Å². The van der Waals surface area contributed by atoms with Crippen molar-refractivity contribution in [2.75, 3.05) is 6.61 Å². The zero-order chi connectivity index (χ0) is 18.7. The van der Waals surface area contributed by atoms with Crippen molar-refractivity contribution < 1.29 is 14.3 Å². The standard InChI is InChI=1S/C20H17Cl2NO3/c1-2-11-26-15-9-7-13(8-10-15)17-18(22)20(25)23(19(17)24)12-14-5-3-4-6-16(14)21/h3-10H,2,11-12H2,1H3. The molecule has 2 aromatic rings. The molecule has 26 heavy (non-hydrogen) atoms. The maximum atomic E-state index is 12.8. The van der Waals surface area contributed by atoms with E-state index in [9.17, 15) is 9.59 Å². The van der Waals surface area contributed by atoms with Gasteiger partial charge in [-0.2, -0.15) is 0 Å². The van der Waals surface area contributed by atoms with Gasteiger partial charge in [0.1, 0.15) is 10.8 Å². The Morgan fingerprint density at radius 2 is 1.65 bits per heavy atom. The first-order valence-electron chi connectivity index (χ1n) is 8.25. The van der Waals surface area contributed by atoms with Gasteiger partial charge in [-0.15, -0.1) is 0 Å². The molecule has 2 aromatic carbocycles. The van der Waals surface area contributed by atoms with Crippen molar-refractivity contribution >= 4 is 40.6 Å². The van der Waals surface area contributed by atoms with E-state index in [0.717, 1.165) is 11.3 Å². The van der Waals surface area contributed by atoms with E-state index in [1.54, 1.807) is 48.5 Å². The second kappa shape index (κ2) is 7.94. The molecule has 0 bridgehead atoms. The summed E-state index contributed by atoms with van der Waals surface area (Å²) in [5, 5.41) is 0.416. The van der Waals surface area contributed by atoms with Crippen LogP contribution in [-0.2, 0) is 16.1 Å². The molecule has 0 saturated carbocycles. The molecule has 0 unspecified atom stereocenters. The molecule has 2 amide bonds. The van der Waals surface area contributed by atoms with Crippen LogP contribution in [0.1, 0.15) is 24.5 Å². The van der Waals surface area contributed by atoms with Crippen LogP contribution >= 0.6 is 23.2 Å². The van der Waals surface area contributed by atoms with Crippen LogP contribution in [0, 0.1) is 0 Å². The lowest BCUT2D eigenvalue weighted by Gasteiger charge is -2.15. The van der Waals surface area contributed by atoms with Gasteiger partial charge in [-0.05, 0) is 35.7 Å². The number of nitrogens with zero attached hydrogens (tertiary/aromatic N) is 1. The summed E-state index contributed by atoms with van der Waals surface area (Å²) >= 11 is 12.3. The molecule has 1 heterocycles. The Bertz CT molecular complexity index is 875. The molecule has 0 fully saturated rings. The average Bonchev–Trinajstić information content (AvgIpc) is 2.86. The van der Waals surface area contributed by atoms with Crippen molar-refractivity contribution in [2.45, 2.75) is 19.9 Å². The molecule has 134 valence electrons. The number of imide groups is 1. The molecule has 0 saturated heterocycles. The summed E-state index contributed by atoms with van der Waals surface area (Å²) in [7, 11) is 0. The van der Waals surface area contributed by atoms with Gasteiger partial charge in [0.2, 0.25) is 0 Å². The Balaban J connectivity index is 1.83. The summed E-state index contributed by atoms with van der Waals surface area (Å²) in [4.78, 5) is 26.4. The molecule has 4 nitrogen and oxygen atoms in total. The van der Waals surface area contributed by atoms with Crippen LogP contribution in [0.15, 0.2) is 53.6 Å². The van der Waals surface area contributed by atoms with E-state index in [1.165, 1.54) is 0 Å². The Morgan fingerprint density at radius 3 is 2.31 bits per heavy atom. The SMILES string of the molecule is CCCOc1ccc(C2=C(Cl)C(=O)N(Cc3ccccc3Cl)C2=O)cc1. The number of halogens is 2. The normalized spacial score (nSPS) is 14.3. The smallest absolute Gasteiger partial charge is 0.273 e. The van der Waals surface area contributed by atoms with Gasteiger partial charge in [-0.3, -0.25) is 14.5 Å².